The van der Waals surface area contributed by atoms with Crippen molar-refractivity contribution in [1.82, 2.24) is 59.0 Å². The number of ketones is 2. The molecular weight excluding hydrogens is 1710 g/mol. The number of aldehydes is 1. The Bertz CT molecular complexity index is 3970. The molecule has 567 valence electrons. The van der Waals surface area contributed by atoms with Gasteiger partial charge in [-0.15, -0.1) is 0 Å². The number of hydrogen-bond donors (Lipinski definition) is 0. The average molecular weight is 1810 g/mol. The number of carbonyl (C=O) groups is 3. The van der Waals surface area contributed by atoms with Crippen molar-refractivity contribution in [3.63, 3.8) is 0 Å². The van der Waals surface area contributed by atoms with Gasteiger partial charge in [-0.05, 0) is 104 Å². The standard InChI is InChI=1S/C14H19N3O4.C14H18N2O4.C13H16ClN3O3.C10H9N3O3.C8H5ClN2O.C5H11BrO.4CH4.2HI.V/c1-4-19-13(20-5-2)9-21-11-8-15-10-6-7-12(18)17(3)14(10)16-11;1-3-18-14(19-4-2)9-20-13-8-15-11-6-5-10(17)7-12(11)16-13;1-3-18-12(19-4-2)8-20-11-7-15-9-5-6-10(14)16-13(9)17-11;1-13-9(15)3-2-7-10(13)12-8(6-11-7)16-5-4-14;9-8-2-1-6-7(11-8)3-5(12)4-10-6;1-3-7-5(2)4-6;;;;;;;/h6-8,13H,4-5,9H2,1-3H3;5-6,8,14H,3-4,7,9H2,1-2H3;5-7,12H,3-4,8H2,1-2H3;2-4,6H,5H2,1H3;1-2,4H,3H2;5H,3-4H2,1-2H3;4*1H4;2*1H;/q;;;;;;;;;;;;+2/p-2. The second kappa shape index (κ2) is 55.2. The molecule has 0 N–H and O–H groups in total. The van der Waals surface area contributed by atoms with Crippen molar-refractivity contribution >= 4 is 148 Å². The zero-order valence-electron chi connectivity index (χ0n) is 56.1. The fourth-order valence-electron chi connectivity index (χ4n) is 7.95. The molecule has 35 heteroatoms. The first kappa shape index (κ1) is 96.7. The van der Waals surface area contributed by atoms with E-state index < -0.39 is 18.9 Å². The van der Waals surface area contributed by atoms with E-state index in [1.165, 1.54) is 58.3 Å². The Balaban J connectivity index is 0.00000122. The topological polar surface area (TPSA) is 338 Å². The van der Waals surface area contributed by atoms with E-state index in [9.17, 15) is 24.0 Å². The monoisotopic (exact) mass is 1800 g/mol. The third-order valence-corrected chi connectivity index (χ3v) is 13.7. The molecular formula is C68H94BrCl2I2N13O16V. The Kier molecular flexibility index (Phi) is 51.9. The maximum absolute atomic E-state index is 11.6. The summed E-state index contributed by atoms with van der Waals surface area (Å²) in [5.41, 5.74) is 5.67. The van der Waals surface area contributed by atoms with Gasteiger partial charge < -0.3 is 52.1 Å². The van der Waals surface area contributed by atoms with E-state index in [0.29, 0.717) is 146 Å². The van der Waals surface area contributed by atoms with Gasteiger partial charge in [0.2, 0.25) is 23.5 Å². The molecule has 0 fully saturated rings. The number of carbonyl (C=O) groups excluding carboxylic acids is 3. The van der Waals surface area contributed by atoms with Crippen molar-refractivity contribution in [1.29, 1.82) is 0 Å². The van der Waals surface area contributed by atoms with Crippen molar-refractivity contribution in [2.75, 3.05) is 78.0 Å². The number of aromatic nitrogens is 12. The predicted octanol–water partition coefficient (Wildman–Crippen LogP) is 12.5. The normalized spacial score (nSPS) is 11.5. The summed E-state index contributed by atoms with van der Waals surface area (Å²) in [7, 11) is 3.87. The van der Waals surface area contributed by atoms with Crippen molar-refractivity contribution in [2.24, 2.45) is 19.1 Å². The van der Waals surface area contributed by atoms with E-state index >= 15 is 0 Å². The first-order valence-corrected chi connectivity index (χ1v) is 41.7. The van der Waals surface area contributed by atoms with Gasteiger partial charge >= 0.3 is 49.4 Å². The predicted molar refractivity (Wildman–Crippen MR) is 417 cm³/mol. The fourth-order valence-corrected chi connectivity index (χ4v) is 8.45. The number of rotatable bonds is 27. The third kappa shape index (κ3) is 35.6. The number of fused-ring (bicyclic) bond motifs is 5. The summed E-state index contributed by atoms with van der Waals surface area (Å²) < 4.78 is 61.8. The molecule has 0 aromatic carbocycles. The van der Waals surface area contributed by atoms with Crippen molar-refractivity contribution in [2.45, 2.75) is 123 Å². The van der Waals surface area contributed by atoms with E-state index in [4.69, 9.17) is 75.3 Å². The molecule has 1 aliphatic heterocycles. The fraction of sp³-hybridized carbons (Fsp3) is 0.471. The Hall–Kier alpha value is -6.26. The van der Waals surface area contributed by atoms with E-state index in [1.807, 2.05) is 55.4 Å². The molecule has 0 bridgehead atoms. The second-order valence-electron chi connectivity index (χ2n) is 19.4. The number of aliphatic imine (C=N–C) groups is 1. The Morgan fingerprint density at radius 1 is 0.515 bits per heavy atom. The van der Waals surface area contributed by atoms with Crippen LogP contribution in [0.2, 0.25) is 10.3 Å². The van der Waals surface area contributed by atoms with Crippen LogP contribution in [0.25, 0.3) is 39.6 Å². The SMILES string of the molecule is C.C.C.C.CCOC(C)CBr.CCOC(COc1cnc2c(n1)CC(=O)C=C2)OCC.CCOC(COc1cnc2ccc(=O)n(C)c2n1)OCC.CCOC(COc1cnc2ccc(Cl)nc2n1)OCC.Cn1c(=O)ccc2ncc(OCC=O)nc21.O=C1C=Nc2ccc(Cl)nc2C1.[I][V][I]. The average Bonchev–Trinajstić information content (AvgIpc) is 0.849. The number of pyridine rings is 4. The molecule has 9 heterocycles. The number of Topliss-reactive ketones (excluding diaryl/α,β-unsaturated/α-hetero) is 1. The van der Waals surface area contributed by atoms with Crippen LogP contribution in [0.5, 0.6) is 23.5 Å². The Morgan fingerprint density at radius 2 is 0.922 bits per heavy atom. The first-order chi connectivity index (χ1) is 47.8. The van der Waals surface area contributed by atoms with Gasteiger partial charge in [0.05, 0.1) is 72.7 Å². The summed E-state index contributed by atoms with van der Waals surface area (Å²) in [6.45, 7) is 20.1. The second-order valence-corrected chi connectivity index (χ2v) is 32.6. The molecule has 0 saturated carbocycles. The number of ether oxygens (including phenoxy) is 11. The summed E-state index contributed by atoms with van der Waals surface area (Å²) in [6.07, 6.45) is 10.8. The minimum absolute atomic E-state index is 0. The molecule has 0 spiro atoms. The molecule has 29 nitrogen and oxygen atoms in total. The van der Waals surface area contributed by atoms with Crippen LogP contribution >= 0.6 is 79.1 Å². The Labute approximate surface area is 649 Å². The zero-order chi connectivity index (χ0) is 72.5. The molecule has 103 heavy (non-hydrogen) atoms. The molecule has 2 aliphatic rings. The summed E-state index contributed by atoms with van der Waals surface area (Å²) in [6, 6.07) is 12.9. The van der Waals surface area contributed by atoms with E-state index in [2.05, 4.69) is 111 Å². The summed E-state index contributed by atoms with van der Waals surface area (Å²) >= 11 is 19.5. The minimum atomic E-state index is -0.447. The van der Waals surface area contributed by atoms with Gasteiger partial charge in [-0.2, -0.15) is 15.0 Å². The van der Waals surface area contributed by atoms with Gasteiger partial charge in [-0.3, -0.25) is 38.1 Å². The third-order valence-electron chi connectivity index (χ3n) is 12.3. The first-order valence-electron chi connectivity index (χ1n) is 30.8. The Morgan fingerprint density at radius 3 is 1.38 bits per heavy atom. The van der Waals surface area contributed by atoms with Crippen molar-refractivity contribution in [3.8, 4) is 23.5 Å². The zero-order valence-corrected chi connectivity index (χ0v) is 64.9. The van der Waals surface area contributed by atoms with Crippen molar-refractivity contribution < 1.29 is 76.0 Å². The number of alkyl halides is 1. The van der Waals surface area contributed by atoms with Crippen LogP contribution < -0.4 is 30.1 Å². The van der Waals surface area contributed by atoms with Gasteiger partial charge in [0.1, 0.15) is 53.3 Å². The molecule has 8 aromatic rings. The number of halogens is 5. The van der Waals surface area contributed by atoms with Crippen LogP contribution in [-0.2, 0) is 83.9 Å². The van der Waals surface area contributed by atoms with Crippen LogP contribution in [0.3, 0.4) is 0 Å². The molecule has 0 saturated heterocycles. The molecule has 8 aromatic heterocycles. The molecule has 0 amide bonds. The van der Waals surface area contributed by atoms with Gasteiger partial charge in [0.15, 0.2) is 53.7 Å². The summed E-state index contributed by atoms with van der Waals surface area (Å²) in [4.78, 5) is 101. The molecule has 1 atom stereocenters. The van der Waals surface area contributed by atoms with Crippen LogP contribution in [0.15, 0.2) is 94.0 Å². The van der Waals surface area contributed by atoms with Gasteiger partial charge in [-0.1, -0.05) is 68.8 Å². The van der Waals surface area contributed by atoms with E-state index in [1.54, 1.807) is 56.6 Å². The molecule has 1 aliphatic carbocycles. The van der Waals surface area contributed by atoms with Gasteiger partial charge in [0, 0.05) is 77.8 Å². The van der Waals surface area contributed by atoms with E-state index in [-0.39, 0.29) is 91.1 Å². The quantitative estimate of drug-likeness (QED) is 0.0152. The van der Waals surface area contributed by atoms with Crippen LogP contribution in [0.4, 0.5) is 5.69 Å². The van der Waals surface area contributed by atoms with Crippen molar-refractivity contribution in [3.05, 3.63) is 127 Å². The number of nitrogens with zero attached hydrogens (tertiary/aromatic N) is 13. The summed E-state index contributed by atoms with van der Waals surface area (Å²) in [5.74, 6) is 1.27. The number of hydrogen-bond acceptors (Lipinski definition) is 27. The van der Waals surface area contributed by atoms with Crippen LogP contribution in [-0.4, -0.2) is 186 Å². The van der Waals surface area contributed by atoms with E-state index in [0.717, 1.165) is 17.6 Å². The molecule has 0 radical (unpaired) electrons. The number of allylic oxidation sites excluding steroid dienone is 1. The van der Waals surface area contributed by atoms with Gasteiger partial charge in [0.25, 0.3) is 11.1 Å². The van der Waals surface area contributed by atoms with Crippen LogP contribution in [0, 0.1) is 0 Å². The molecule has 10 rings (SSSR count). The maximum atomic E-state index is 11.6. The summed E-state index contributed by atoms with van der Waals surface area (Å²) in [5, 5.41) is 1.70. The van der Waals surface area contributed by atoms with Crippen LogP contribution in [0.1, 0.15) is 102 Å². The molecule has 1 unspecified atom stereocenters. The number of aryl methyl sites for hydroxylation is 2. The van der Waals surface area contributed by atoms with Gasteiger partial charge in [-0.25, -0.2) is 34.9 Å².